The zero-order chi connectivity index (χ0) is 13.9. The maximum atomic E-state index is 8.97. The van der Waals surface area contributed by atoms with Crippen LogP contribution in [0.15, 0.2) is 42.6 Å². The SMILES string of the molecule is COc1ccccc1Cc1nnc2ccc(C#N)cn12. The Hall–Kier alpha value is -2.87. The van der Waals surface area contributed by atoms with Gasteiger partial charge < -0.3 is 4.74 Å². The van der Waals surface area contributed by atoms with E-state index in [-0.39, 0.29) is 0 Å². The summed E-state index contributed by atoms with van der Waals surface area (Å²) in [5.74, 6) is 1.60. The van der Waals surface area contributed by atoms with Gasteiger partial charge in [-0.1, -0.05) is 18.2 Å². The summed E-state index contributed by atoms with van der Waals surface area (Å²) in [7, 11) is 1.65. The van der Waals surface area contributed by atoms with Gasteiger partial charge in [0.25, 0.3) is 0 Å². The van der Waals surface area contributed by atoms with Crippen molar-refractivity contribution in [2.45, 2.75) is 6.42 Å². The number of para-hydroxylation sites is 1. The first-order valence-corrected chi connectivity index (χ1v) is 6.17. The molecule has 0 saturated carbocycles. The van der Waals surface area contributed by atoms with Gasteiger partial charge >= 0.3 is 0 Å². The summed E-state index contributed by atoms with van der Waals surface area (Å²) in [6, 6.07) is 13.4. The van der Waals surface area contributed by atoms with Gasteiger partial charge in [0.05, 0.1) is 12.7 Å². The number of fused-ring (bicyclic) bond motifs is 1. The van der Waals surface area contributed by atoms with Crippen molar-refractivity contribution in [1.82, 2.24) is 14.6 Å². The van der Waals surface area contributed by atoms with Crippen LogP contribution in [0.2, 0.25) is 0 Å². The van der Waals surface area contributed by atoms with E-state index in [4.69, 9.17) is 10.00 Å². The number of methoxy groups -OCH3 is 1. The molecule has 20 heavy (non-hydrogen) atoms. The molecule has 0 unspecified atom stereocenters. The Morgan fingerprint density at radius 1 is 1.20 bits per heavy atom. The molecule has 0 fully saturated rings. The lowest BCUT2D eigenvalue weighted by molar-refractivity contribution is 0.410. The summed E-state index contributed by atoms with van der Waals surface area (Å²) >= 11 is 0. The van der Waals surface area contributed by atoms with Crippen LogP contribution in [0.4, 0.5) is 0 Å². The number of nitriles is 1. The molecule has 2 aromatic heterocycles. The van der Waals surface area contributed by atoms with E-state index in [9.17, 15) is 0 Å². The molecule has 0 radical (unpaired) electrons. The van der Waals surface area contributed by atoms with Crippen LogP contribution in [0.3, 0.4) is 0 Å². The maximum Gasteiger partial charge on any atom is 0.160 e. The van der Waals surface area contributed by atoms with E-state index in [2.05, 4.69) is 16.3 Å². The van der Waals surface area contributed by atoms with E-state index < -0.39 is 0 Å². The maximum absolute atomic E-state index is 8.97. The minimum Gasteiger partial charge on any atom is -0.496 e. The molecule has 0 N–H and O–H groups in total. The zero-order valence-electron chi connectivity index (χ0n) is 10.9. The number of ether oxygens (including phenoxy) is 1. The lowest BCUT2D eigenvalue weighted by Gasteiger charge is -2.07. The van der Waals surface area contributed by atoms with Gasteiger partial charge in [-0.15, -0.1) is 10.2 Å². The Balaban J connectivity index is 2.05. The highest BCUT2D eigenvalue weighted by Crippen LogP contribution is 2.20. The third-order valence-corrected chi connectivity index (χ3v) is 3.14. The molecular formula is C15H12N4O. The quantitative estimate of drug-likeness (QED) is 0.727. The predicted molar refractivity (Wildman–Crippen MR) is 73.5 cm³/mol. The first-order chi connectivity index (χ1) is 9.81. The molecule has 2 heterocycles. The van der Waals surface area contributed by atoms with Crippen LogP contribution in [0, 0.1) is 11.3 Å². The molecule has 0 spiro atoms. The molecule has 0 saturated heterocycles. The predicted octanol–water partition coefficient (Wildman–Crippen LogP) is 2.20. The summed E-state index contributed by atoms with van der Waals surface area (Å²) in [5, 5.41) is 17.3. The van der Waals surface area contributed by atoms with Gasteiger partial charge in [-0.3, -0.25) is 4.40 Å². The van der Waals surface area contributed by atoms with E-state index >= 15 is 0 Å². The summed E-state index contributed by atoms with van der Waals surface area (Å²) in [5.41, 5.74) is 2.35. The van der Waals surface area contributed by atoms with Gasteiger partial charge in [-0.25, -0.2) is 0 Å². The summed E-state index contributed by atoms with van der Waals surface area (Å²) in [6.45, 7) is 0. The average molecular weight is 264 g/mol. The van der Waals surface area contributed by atoms with Crippen molar-refractivity contribution in [2.24, 2.45) is 0 Å². The van der Waals surface area contributed by atoms with Crippen molar-refractivity contribution >= 4 is 5.65 Å². The average Bonchev–Trinajstić information content (AvgIpc) is 2.90. The summed E-state index contributed by atoms with van der Waals surface area (Å²) in [6.07, 6.45) is 2.35. The fourth-order valence-electron chi connectivity index (χ4n) is 2.14. The minimum atomic E-state index is 0.582. The lowest BCUT2D eigenvalue weighted by Crippen LogP contribution is -1.99. The number of pyridine rings is 1. The Labute approximate surface area is 116 Å². The van der Waals surface area contributed by atoms with E-state index in [0.717, 1.165) is 22.8 Å². The Bertz CT molecular complexity index is 801. The largest absolute Gasteiger partial charge is 0.496 e. The van der Waals surface area contributed by atoms with Crippen molar-refractivity contribution in [1.29, 1.82) is 5.26 Å². The van der Waals surface area contributed by atoms with Gasteiger partial charge in [-0.05, 0) is 18.2 Å². The molecule has 0 bridgehead atoms. The highest BCUT2D eigenvalue weighted by Gasteiger charge is 2.10. The van der Waals surface area contributed by atoms with Crippen LogP contribution in [0.1, 0.15) is 17.0 Å². The third kappa shape index (κ3) is 2.08. The number of hydrogen-bond donors (Lipinski definition) is 0. The van der Waals surface area contributed by atoms with Crippen molar-refractivity contribution < 1.29 is 4.74 Å². The van der Waals surface area contributed by atoms with Crippen LogP contribution < -0.4 is 4.74 Å². The molecule has 98 valence electrons. The second-order valence-electron chi connectivity index (χ2n) is 4.36. The standard InChI is InChI=1S/C15H12N4O/c1-20-13-5-3-2-4-12(13)8-15-18-17-14-7-6-11(9-16)10-19(14)15/h2-7,10H,8H2,1H3. The smallest absolute Gasteiger partial charge is 0.160 e. The normalized spacial score (nSPS) is 10.4. The number of hydrogen-bond acceptors (Lipinski definition) is 4. The highest BCUT2D eigenvalue weighted by molar-refractivity contribution is 5.44. The molecule has 5 nitrogen and oxygen atoms in total. The molecule has 0 aliphatic heterocycles. The molecule has 3 rings (SSSR count). The van der Waals surface area contributed by atoms with Gasteiger partial charge in [0, 0.05) is 18.2 Å². The molecular weight excluding hydrogens is 252 g/mol. The van der Waals surface area contributed by atoms with Crippen molar-refractivity contribution in [3.8, 4) is 11.8 Å². The Kier molecular flexibility index (Phi) is 3.05. The van der Waals surface area contributed by atoms with Crippen LogP contribution in [0.5, 0.6) is 5.75 Å². The highest BCUT2D eigenvalue weighted by atomic mass is 16.5. The number of rotatable bonds is 3. The first kappa shape index (κ1) is 12.2. The third-order valence-electron chi connectivity index (χ3n) is 3.14. The van der Waals surface area contributed by atoms with Crippen LogP contribution >= 0.6 is 0 Å². The number of aromatic nitrogens is 3. The molecule has 0 atom stereocenters. The molecule has 0 amide bonds. The lowest BCUT2D eigenvalue weighted by atomic mass is 10.1. The van der Waals surface area contributed by atoms with Crippen molar-refractivity contribution in [3.63, 3.8) is 0 Å². The van der Waals surface area contributed by atoms with E-state index in [1.165, 1.54) is 0 Å². The van der Waals surface area contributed by atoms with Crippen LogP contribution in [-0.4, -0.2) is 21.7 Å². The van der Waals surface area contributed by atoms with E-state index in [0.29, 0.717) is 12.0 Å². The fourth-order valence-corrected chi connectivity index (χ4v) is 2.14. The molecule has 0 aliphatic rings. The van der Waals surface area contributed by atoms with Crippen LogP contribution in [-0.2, 0) is 6.42 Å². The topological polar surface area (TPSA) is 63.2 Å². The van der Waals surface area contributed by atoms with Gasteiger partial charge in [-0.2, -0.15) is 5.26 Å². The Morgan fingerprint density at radius 2 is 2.05 bits per heavy atom. The second kappa shape index (κ2) is 5.02. The van der Waals surface area contributed by atoms with Crippen molar-refractivity contribution in [3.05, 3.63) is 59.5 Å². The van der Waals surface area contributed by atoms with Crippen LogP contribution in [0.25, 0.3) is 5.65 Å². The number of nitrogens with zero attached hydrogens (tertiary/aromatic N) is 4. The number of benzene rings is 1. The molecule has 1 aromatic carbocycles. The molecule has 5 heteroatoms. The van der Waals surface area contributed by atoms with Gasteiger partial charge in [0.15, 0.2) is 5.65 Å². The summed E-state index contributed by atoms with van der Waals surface area (Å²) < 4.78 is 7.18. The first-order valence-electron chi connectivity index (χ1n) is 6.17. The van der Waals surface area contributed by atoms with Gasteiger partial charge in [0.1, 0.15) is 17.6 Å². The van der Waals surface area contributed by atoms with E-state index in [1.807, 2.05) is 28.7 Å². The van der Waals surface area contributed by atoms with Crippen molar-refractivity contribution in [2.75, 3.05) is 7.11 Å². The van der Waals surface area contributed by atoms with E-state index in [1.54, 1.807) is 25.4 Å². The monoisotopic (exact) mass is 264 g/mol. The second-order valence-corrected chi connectivity index (χ2v) is 4.36. The fraction of sp³-hybridized carbons (Fsp3) is 0.133. The zero-order valence-corrected chi connectivity index (χ0v) is 10.9. The van der Waals surface area contributed by atoms with Gasteiger partial charge in [0.2, 0.25) is 0 Å². The molecule has 0 aliphatic carbocycles. The summed E-state index contributed by atoms with van der Waals surface area (Å²) in [4.78, 5) is 0. The Morgan fingerprint density at radius 3 is 2.85 bits per heavy atom. The minimum absolute atomic E-state index is 0.582. The molecule has 3 aromatic rings.